The lowest BCUT2D eigenvalue weighted by Gasteiger charge is -2.30. The Labute approximate surface area is 122 Å². The van der Waals surface area contributed by atoms with Crippen molar-refractivity contribution in [2.24, 2.45) is 0 Å². The summed E-state index contributed by atoms with van der Waals surface area (Å²) in [6.45, 7) is 5.55. The van der Waals surface area contributed by atoms with Crippen LogP contribution in [-0.4, -0.2) is 17.8 Å². The van der Waals surface area contributed by atoms with Crippen molar-refractivity contribution in [3.63, 3.8) is 0 Å². The quantitative estimate of drug-likeness (QED) is 0.849. The molecule has 1 fully saturated rings. The molecule has 19 heavy (non-hydrogen) atoms. The monoisotopic (exact) mass is 277 g/mol. The number of hydrogen-bond donors (Lipinski definition) is 1. The molecular formula is C17H27NS. The third kappa shape index (κ3) is 4.54. The molecule has 1 aromatic carbocycles. The van der Waals surface area contributed by atoms with Crippen molar-refractivity contribution in [3.8, 4) is 0 Å². The van der Waals surface area contributed by atoms with Gasteiger partial charge in [-0.05, 0) is 37.9 Å². The maximum Gasteiger partial charge on any atom is 0.0248 e. The number of nitrogens with one attached hydrogen (secondary N) is 1. The second-order valence-electron chi connectivity index (χ2n) is 5.58. The van der Waals surface area contributed by atoms with E-state index in [1.807, 2.05) is 0 Å². The fourth-order valence-corrected chi connectivity index (χ4v) is 4.36. The van der Waals surface area contributed by atoms with Crippen molar-refractivity contribution in [1.82, 2.24) is 5.32 Å². The maximum atomic E-state index is 3.72. The van der Waals surface area contributed by atoms with Gasteiger partial charge in [0.25, 0.3) is 0 Å². The third-order valence-corrected chi connectivity index (χ3v) is 5.62. The van der Waals surface area contributed by atoms with Crippen LogP contribution in [0.5, 0.6) is 0 Å². The first kappa shape index (κ1) is 14.9. The number of rotatable bonds is 4. The van der Waals surface area contributed by atoms with Crippen molar-refractivity contribution in [3.05, 3.63) is 29.8 Å². The molecule has 0 aromatic heterocycles. The van der Waals surface area contributed by atoms with E-state index in [9.17, 15) is 0 Å². The van der Waals surface area contributed by atoms with E-state index in [1.165, 1.54) is 49.0 Å². The molecule has 2 rings (SSSR count). The first-order valence-corrected chi connectivity index (χ1v) is 8.65. The van der Waals surface area contributed by atoms with Crippen molar-refractivity contribution >= 4 is 11.8 Å². The summed E-state index contributed by atoms with van der Waals surface area (Å²) >= 11 is 2.10. The largest absolute Gasteiger partial charge is 0.313 e. The van der Waals surface area contributed by atoms with E-state index in [0.717, 1.165) is 11.8 Å². The minimum atomic E-state index is 0.690. The van der Waals surface area contributed by atoms with Gasteiger partial charge in [-0.25, -0.2) is 0 Å². The average molecular weight is 277 g/mol. The number of hydrogen-bond acceptors (Lipinski definition) is 2. The van der Waals surface area contributed by atoms with E-state index >= 15 is 0 Å². The van der Waals surface area contributed by atoms with Crippen LogP contribution in [0.25, 0.3) is 0 Å². The van der Waals surface area contributed by atoms with E-state index < -0.39 is 0 Å². The standard InChI is InChI=1S/C17H27NS/c1-3-18-15-11-6-4-5-7-13-17(15)19-16-12-9-8-10-14(16)2/h8-10,12,15,17-18H,3-7,11,13H2,1-2H3. The van der Waals surface area contributed by atoms with Crippen LogP contribution < -0.4 is 5.32 Å². The Morgan fingerprint density at radius 2 is 1.84 bits per heavy atom. The molecule has 2 heteroatoms. The summed E-state index contributed by atoms with van der Waals surface area (Å²) in [5.74, 6) is 0. The minimum absolute atomic E-state index is 0.690. The molecule has 1 saturated carbocycles. The molecule has 2 atom stereocenters. The van der Waals surface area contributed by atoms with Gasteiger partial charge in [-0.3, -0.25) is 0 Å². The first-order valence-electron chi connectivity index (χ1n) is 7.77. The van der Waals surface area contributed by atoms with Crippen LogP contribution in [0.3, 0.4) is 0 Å². The molecule has 2 unspecified atom stereocenters. The highest BCUT2D eigenvalue weighted by Crippen LogP contribution is 2.34. The van der Waals surface area contributed by atoms with Gasteiger partial charge < -0.3 is 5.32 Å². The van der Waals surface area contributed by atoms with Crippen molar-refractivity contribution < 1.29 is 0 Å². The smallest absolute Gasteiger partial charge is 0.0248 e. The molecule has 1 aliphatic rings. The fraction of sp³-hybridized carbons (Fsp3) is 0.647. The lowest BCUT2D eigenvalue weighted by atomic mass is 9.96. The molecule has 0 amide bonds. The number of benzene rings is 1. The van der Waals surface area contributed by atoms with Crippen LogP contribution in [0.1, 0.15) is 51.0 Å². The molecule has 0 aliphatic heterocycles. The second-order valence-corrected chi connectivity index (χ2v) is 6.86. The highest BCUT2D eigenvalue weighted by Gasteiger charge is 2.23. The Kier molecular flexibility index (Phi) is 6.25. The van der Waals surface area contributed by atoms with Gasteiger partial charge in [-0.1, -0.05) is 50.8 Å². The Morgan fingerprint density at radius 3 is 2.58 bits per heavy atom. The summed E-state index contributed by atoms with van der Waals surface area (Å²) in [4.78, 5) is 1.47. The minimum Gasteiger partial charge on any atom is -0.313 e. The summed E-state index contributed by atoms with van der Waals surface area (Å²) in [5, 5.41) is 4.46. The van der Waals surface area contributed by atoms with E-state index in [4.69, 9.17) is 0 Å². The SMILES string of the molecule is CCNC1CCCCCCC1Sc1ccccc1C. The molecule has 0 saturated heterocycles. The highest BCUT2D eigenvalue weighted by atomic mass is 32.2. The molecule has 0 bridgehead atoms. The predicted octanol–water partition coefficient (Wildman–Crippen LogP) is 4.79. The van der Waals surface area contributed by atoms with Crippen LogP contribution in [-0.2, 0) is 0 Å². The Balaban J connectivity index is 2.06. The Bertz CT molecular complexity index is 377. The Morgan fingerprint density at radius 1 is 1.11 bits per heavy atom. The summed E-state index contributed by atoms with van der Waals surface area (Å²) in [5.41, 5.74) is 1.42. The number of aryl methyl sites for hydroxylation is 1. The summed E-state index contributed by atoms with van der Waals surface area (Å²) in [6.07, 6.45) is 8.33. The summed E-state index contributed by atoms with van der Waals surface area (Å²) < 4.78 is 0. The zero-order valence-corrected chi connectivity index (χ0v) is 13.1. The van der Waals surface area contributed by atoms with Crippen molar-refractivity contribution in [2.75, 3.05) is 6.54 Å². The summed E-state index contributed by atoms with van der Waals surface area (Å²) in [7, 11) is 0. The highest BCUT2D eigenvalue weighted by molar-refractivity contribution is 8.00. The van der Waals surface area contributed by atoms with Crippen molar-refractivity contribution in [2.45, 2.75) is 68.6 Å². The van der Waals surface area contributed by atoms with E-state index in [1.54, 1.807) is 0 Å². The molecule has 0 heterocycles. The predicted molar refractivity (Wildman–Crippen MR) is 86.0 cm³/mol. The number of thioether (sulfide) groups is 1. The summed E-state index contributed by atoms with van der Waals surface area (Å²) in [6, 6.07) is 9.50. The van der Waals surface area contributed by atoms with Gasteiger partial charge in [0.1, 0.15) is 0 Å². The molecular weight excluding hydrogens is 250 g/mol. The average Bonchev–Trinajstić information content (AvgIpc) is 2.39. The topological polar surface area (TPSA) is 12.0 Å². The zero-order chi connectivity index (χ0) is 13.5. The fourth-order valence-electron chi connectivity index (χ4n) is 2.94. The third-order valence-electron chi connectivity index (χ3n) is 4.04. The van der Waals surface area contributed by atoms with E-state index in [-0.39, 0.29) is 0 Å². The maximum absolute atomic E-state index is 3.72. The first-order chi connectivity index (χ1) is 9.31. The molecule has 0 radical (unpaired) electrons. The van der Waals surface area contributed by atoms with Gasteiger partial charge >= 0.3 is 0 Å². The second kappa shape index (κ2) is 7.96. The van der Waals surface area contributed by atoms with Crippen molar-refractivity contribution in [1.29, 1.82) is 0 Å². The zero-order valence-electron chi connectivity index (χ0n) is 12.3. The van der Waals surface area contributed by atoms with Crippen LogP contribution in [0.4, 0.5) is 0 Å². The Hall–Kier alpha value is -0.470. The molecule has 1 aromatic rings. The van der Waals surface area contributed by atoms with E-state index in [0.29, 0.717) is 6.04 Å². The van der Waals surface area contributed by atoms with Gasteiger partial charge in [-0.2, -0.15) is 0 Å². The van der Waals surface area contributed by atoms with Gasteiger partial charge in [0.2, 0.25) is 0 Å². The van der Waals surface area contributed by atoms with Gasteiger partial charge in [-0.15, -0.1) is 11.8 Å². The lowest BCUT2D eigenvalue weighted by molar-refractivity contribution is 0.406. The van der Waals surface area contributed by atoms with Crippen LogP contribution in [0.2, 0.25) is 0 Å². The van der Waals surface area contributed by atoms with Gasteiger partial charge in [0.15, 0.2) is 0 Å². The van der Waals surface area contributed by atoms with Crippen LogP contribution in [0.15, 0.2) is 29.2 Å². The molecule has 1 N–H and O–H groups in total. The molecule has 0 spiro atoms. The van der Waals surface area contributed by atoms with Gasteiger partial charge in [0.05, 0.1) is 0 Å². The van der Waals surface area contributed by atoms with E-state index in [2.05, 4.69) is 55.2 Å². The van der Waals surface area contributed by atoms with Crippen LogP contribution in [0, 0.1) is 6.92 Å². The molecule has 106 valence electrons. The molecule has 1 aliphatic carbocycles. The molecule has 1 nitrogen and oxygen atoms in total. The van der Waals surface area contributed by atoms with Crippen LogP contribution >= 0.6 is 11.8 Å². The lowest BCUT2D eigenvalue weighted by Crippen LogP contribution is -2.38. The van der Waals surface area contributed by atoms with Gasteiger partial charge in [0, 0.05) is 16.2 Å². The normalized spacial score (nSPS) is 24.7.